The second-order valence-corrected chi connectivity index (χ2v) is 17.0. The molecule has 2 aromatic rings. The first-order chi connectivity index (χ1) is 19.8. The van der Waals surface area contributed by atoms with Crippen molar-refractivity contribution < 1.29 is 9.52 Å². The fourth-order valence-electron chi connectivity index (χ4n) is 12.1. The lowest BCUT2D eigenvalue weighted by Crippen LogP contribution is -2.65. The van der Waals surface area contributed by atoms with E-state index in [-0.39, 0.29) is 27.8 Å². The molecule has 1 aromatic heterocycles. The van der Waals surface area contributed by atoms with Crippen LogP contribution in [-0.2, 0) is 5.41 Å². The van der Waals surface area contributed by atoms with E-state index in [1.54, 1.807) is 11.1 Å². The van der Waals surface area contributed by atoms with Gasteiger partial charge in [0, 0.05) is 10.6 Å². The van der Waals surface area contributed by atoms with Crippen molar-refractivity contribution in [1.82, 2.24) is 10.2 Å². The maximum atomic E-state index is 11.1. The predicted molar refractivity (Wildman–Crippen MR) is 169 cm³/mol. The van der Waals surface area contributed by atoms with Crippen molar-refractivity contribution >= 4 is 11.6 Å². The number of hydrogen-bond acceptors (Lipinski definition) is 4. The summed E-state index contributed by atoms with van der Waals surface area (Å²) in [5.41, 5.74) is 4.96. The van der Waals surface area contributed by atoms with Crippen LogP contribution >= 0.6 is 11.6 Å². The lowest BCUT2D eigenvalue weighted by Gasteiger charge is -2.72. The van der Waals surface area contributed by atoms with Crippen molar-refractivity contribution in [2.24, 2.45) is 45.3 Å². The van der Waals surface area contributed by atoms with Crippen molar-refractivity contribution in [3.05, 3.63) is 46.3 Å². The summed E-state index contributed by atoms with van der Waals surface area (Å²) in [6.45, 7) is 17.5. The molecule has 0 aliphatic heterocycles. The van der Waals surface area contributed by atoms with Crippen molar-refractivity contribution in [3.8, 4) is 11.5 Å². The van der Waals surface area contributed by atoms with Crippen LogP contribution in [0.5, 0.6) is 0 Å². The van der Waals surface area contributed by atoms with Crippen LogP contribution < -0.4 is 0 Å². The molecule has 1 N–H and O–H groups in total. The largest absolute Gasteiger partial charge is 0.420 e. The van der Waals surface area contributed by atoms with Crippen molar-refractivity contribution in [2.75, 3.05) is 0 Å². The molecule has 4 fully saturated rings. The van der Waals surface area contributed by atoms with E-state index >= 15 is 0 Å². The lowest BCUT2D eigenvalue weighted by atomic mass is 9.33. The van der Waals surface area contributed by atoms with E-state index in [9.17, 15) is 5.11 Å². The smallest absolute Gasteiger partial charge is 0.247 e. The highest BCUT2D eigenvalue weighted by molar-refractivity contribution is 6.30. The van der Waals surface area contributed by atoms with E-state index in [0.717, 1.165) is 37.1 Å². The quantitative estimate of drug-likeness (QED) is 0.361. The van der Waals surface area contributed by atoms with E-state index in [2.05, 4.69) is 53.6 Å². The van der Waals surface area contributed by atoms with E-state index in [4.69, 9.17) is 21.1 Å². The highest BCUT2D eigenvalue weighted by Crippen LogP contribution is 2.76. The number of rotatable bonds is 3. The molecular weight excluding hydrogens is 540 g/mol. The minimum atomic E-state index is -0.174. The highest BCUT2D eigenvalue weighted by Gasteiger charge is 2.70. The van der Waals surface area contributed by atoms with Crippen LogP contribution in [0.25, 0.3) is 11.5 Å². The Morgan fingerprint density at radius 1 is 0.833 bits per heavy atom. The molecule has 5 aliphatic carbocycles. The monoisotopic (exact) mass is 590 g/mol. The van der Waals surface area contributed by atoms with Crippen molar-refractivity contribution in [1.29, 1.82) is 0 Å². The molecule has 42 heavy (non-hydrogen) atoms. The second-order valence-electron chi connectivity index (χ2n) is 16.6. The van der Waals surface area contributed by atoms with Gasteiger partial charge in [0.2, 0.25) is 11.8 Å². The summed E-state index contributed by atoms with van der Waals surface area (Å²) in [5, 5.41) is 21.2. The molecule has 5 aliphatic rings. The lowest BCUT2D eigenvalue weighted by molar-refractivity contribution is -0.227. The Morgan fingerprint density at radius 3 is 2.29 bits per heavy atom. The topological polar surface area (TPSA) is 59.2 Å². The number of aromatic nitrogens is 2. The van der Waals surface area contributed by atoms with Gasteiger partial charge in [0.15, 0.2) is 0 Å². The molecule has 0 unspecified atom stereocenters. The van der Waals surface area contributed by atoms with Gasteiger partial charge in [0.05, 0.1) is 11.5 Å². The normalized spacial score (nSPS) is 42.6. The first kappa shape index (κ1) is 29.1. The fourth-order valence-corrected chi connectivity index (χ4v) is 12.2. The average Bonchev–Trinajstić information content (AvgIpc) is 3.58. The van der Waals surface area contributed by atoms with Gasteiger partial charge in [0.25, 0.3) is 0 Å². The Labute approximate surface area is 258 Å². The molecule has 1 aromatic carbocycles. The Bertz CT molecular complexity index is 1410. The standard InChI is InChI=1S/C37H51ClN2O2/c1-22(2)25-14-19-37(32-40-39-31(42-32)23-8-10-24(38)11-9-23)21-20-35(6)26(30(25)37)12-13-28-34(5)17-16-29(41)33(3,4)27(34)15-18-36(28,35)7/h8-11,22,26-29,41H,12-21H2,1-7H3/t26-,27+,28-,29+,34+,35-,36-,37+/m1/s1. The molecule has 0 radical (unpaired) electrons. The molecule has 4 nitrogen and oxygen atoms in total. The molecule has 0 saturated heterocycles. The van der Waals surface area contributed by atoms with Crippen LogP contribution in [0.3, 0.4) is 0 Å². The summed E-state index contributed by atoms with van der Waals surface area (Å²) in [5.74, 6) is 3.82. The molecule has 0 bridgehead atoms. The van der Waals surface area contributed by atoms with Gasteiger partial charge in [-0.15, -0.1) is 10.2 Å². The van der Waals surface area contributed by atoms with E-state index in [1.165, 1.54) is 38.5 Å². The first-order valence-corrected chi connectivity index (χ1v) is 17.2. The summed E-state index contributed by atoms with van der Waals surface area (Å²) in [7, 11) is 0. The number of nitrogens with zero attached hydrogens (tertiary/aromatic N) is 2. The van der Waals surface area contributed by atoms with E-state index in [0.29, 0.717) is 40.0 Å². The Morgan fingerprint density at radius 2 is 1.57 bits per heavy atom. The van der Waals surface area contributed by atoms with Crippen LogP contribution in [0.4, 0.5) is 0 Å². The third-order valence-electron chi connectivity index (χ3n) is 14.6. The number of fused-ring (bicyclic) bond motifs is 7. The second kappa shape index (κ2) is 9.43. The Hall–Kier alpha value is -1.65. The van der Waals surface area contributed by atoms with Gasteiger partial charge < -0.3 is 9.52 Å². The Kier molecular flexibility index (Phi) is 6.53. The fraction of sp³-hybridized carbons (Fsp3) is 0.730. The molecule has 8 atom stereocenters. The molecule has 0 spiro atoms. The predicted octanol–water partition coefficient (Wildman–Crippen LogP) is 9.80. The van der Waals surface area contributed by atoms with Crippen LogP contribution in [0.2, 0.25) is 5.02 Å². The van der Waals surface area contributed by atoms with Crippen molar-refractivity contribution in [2.45, 2.75) is 124 Å². The molecule has 0 amide bonds. The summed E-state index contributed by atoms with van der Waals surface area (Å²) >= 11 is 6.16. The minimum absolute atomic E-state index is 0.00759. The third kappa shape index (κ3) is 3.69. The maximum absolute atomic E-state index is 11.1. The Balaban J connectivity index is 1.29. The van der Waals surface area contributed by atoms with E-state index < -0.39 is 0 Å². The third-order valence-corrected chi connectivity index (χ3v) is 14.8. The molecule has 5 heteroatoms. The SMILES string of the molecule is CC(C)C1=C2[C@H]3CC[C@@H]4[C@@]5(C)CC[C@H](O)C(C)(C)[C@@H]5CC[C@@]4(C)[C@]3(C)CC[C@@]2(c2nnc(-c3ccc(Cl)cc3)o2)CC1. The summed E-state index contributed by atoms with van der Waals surface area (Å²) in [4.78, 5) is 0. The van der Waals surface area contributed by atoms with Gasteiger partial charge in [-0.25, -0.2) is 0 Å². The zero-order chi connectivity index (χ0) is 29.9. The summed E-state index contributed by atoms with van der Waals surface area (Å²) in [6, 6.07) is 7.74. The highest BCUT2D eigenvalue weighted by atomic mass is 35.5. The van der Waals surface area contributed by atoms with Gasteiger partial charge in [0.1, 0.15) is 0 Å². The molecular formula is C37H51ClN2O2. The first-order valence-electron chi connectivity index (χ1n) is 16.8. The zero-order valence-corrected chi connectivity index (χ0v) is 27.7. The zero-order valence-electron chi connectivity index (χ0n) is 26.9. The van der Waals surface area contributed by atoms with Crippen LogP contribution in [0.15, 0.2) is 39.8 Å². The van der Waals surface area contributed by atoms with E-state index in [1.807, 2.05) is 24.3 Å². The van der Waals surface area contributed by atoms with Gasteiger partial charge in [-0.3, -0.25) is 0 Å². The minimum Gasteiger partial charge on any atom is -0.420 e. The molecule has 4 saturated carbocycles. The van der Waals surface area contributed by atoms with Crippen LogP contribution in [0.1, 0.15) is 119 Å². The van der Waals surface area contributed by atoms with Crippen LogP contribution in [0, 0.1) is 45.3 Å². The number of aliphatic hydroxyl groups is 1. The van der Waals surface area contributed by atoms with Gasteiger partial charge in [-0.2, -0.15) is 0 Å². The number of benzene rings is 1. The number of allylic oxidation sites excluding steroid dienone is 2. The summed E-state index contributed by atoms with van der Waals surface area (Å²) < 4.78 is 6.62. The van der Waals surface area contributed by atoms with Gasteiger partial charge >= 0.3 is 0 Å². The molecule has 228 valence electrons. The average molecular weight is 591 g/mol. The van der Waals surface area contributed by atoms with Crippen LogP contribution in [-0.4, -0.2) is 21.4 Å². The van der Waals surface area contributed by atoms with Crippen molar-refractivity contribution in [3.63, 3.8) is 0 Å². The van der Waals surface area contributed by atoms with Gasteiger partial charge in [-0.1, -0.05) is 71.2 Å². The number of hydrogen-bond donors (Lipinski definition) is 1. The number of aliphatic hydroxyl groups excluding tert-OH is 1. The number of halogens is 1. The molecule has 7 rings (SSSR count). The summed E-state index contributed by atoms with van der Waals surface area (Å²) in [6.07, 6.45) is 11.6. The van der Waals surface area contributed by atoms with Gasteiger partial charge in [-0.05, 0) is 134 Å². The maximum Gasteiger partial charge on any atom is 0.247 e. The molecule has 1 heterocycles.